The van der Waals surface area contributed by atoms with Crippen molar-refractivity contribution in [2.45, 2.75) is 0 Å². The van der Waals surface area contributed by atoms with Crippen LogP contribution in [0.25, 0.3) is 84.9 Å². The Balaban J connectivity index is 1.39. The highest BCUT2D eigenvalue weighted by Gasteiger charge is 2.20. The average Bonchev–Trinajstić information content (AvgIpc) is 3.71. The molecular formula is C44H24N2S2. The highest BCUT2D eigenvalue weighted by atomic mass is 32.1. The molecule has 0 aliphatic heterocycles. The number of nitriles is 2. The van der Waals surface area contributed by atoms with E-state index in [1.807, 2.05) is 47.7 Å². The first kappa shape index (κ1) is 28.2. The van der Waals surface area contributed by atoms with E-state index < -0.39 is 0 Å². The van der Waals surface area contributed by atoms with Gasteiger partial charge in [-0.1, -0.05) is 78.9 Å². The third-order valence-corrected chi connectivity index (χ3v) is 11.5. The fourth-order valence-electron chi connectivity index (χ4n) is 6.91. The highest BCUT2D eigenvalue weighted by molar-refractivity contribution is 7.26. The van der Waals surface area contributed by atoms with Crippen LogP contribution in [0.15, 0.2) is 146 Å². The quantitative estimate of drug-likeness (QED) is 0.191. The summed E-state index contributed by atoms with van der Waals surface area (Å²) in [6.45, 7) is 0. The van der Waals surface area contributed by atoms with Gasteiger partial charge in [-0.05, 0) is 111 Å². The van der Waals surface area contributed by atoms with Crippen LogP contribution >= 0.6 is 22.7 Å². The van der Waals surface area contributed by atoms with Crippen LogP contribution in [-0.4, -0.2) is 0 Å². The molecule has 0 saturated carbocycles. The molecule has 7 aromatic carbocycles. The van der Waals surface area contributed by atoms with Gasteiger partial charge in [0.15, 0.2) is 0 Å². The molecule has 0 atom stereocenters. The summed E-state index contributed by atoms with van der Waals surface area (Å²) >= 11 is 3.57. The summed E-state index contributed by atoms with van der Waals surface area (Å²) in [5.74, 6) is 0. The van der Waals surface area contributed by atoms with Crippen molar-refractivity contribution in [1.29, 1.82) is 10.5 Å². The van der Waals surface area contributed by atoms with Crippen LogP contribution in [0, 0.1) is 22.7 Å². The molecule has 0 saturated heterocycles. The number of benzene rings is 7. The molecule has 0 fully saturated rings. The third-order valence-electron chi connectivity index (χ3n) is 9.16. The molecule has 0 bridgehead atoms. The van der Waals surface area contributed by atoms with Gasteiger partial charge in [-0.15, -0.1) is 22.7 Å². The van der Waals surface area contributed by atoms with Crippen molar-refractivity contribution in [3.8, 4) is 56.6 Å². The number of hydrogen-bond donors (Lipinski definition) is 0. The Morgan fingerprint density at radius 2 is 0.938 bits per heavy atom. The van der Waals surface area contributed by atoms with Crippen LogP contribution in [0.5, 0.6) is 0 Å². The van der Waals surface area contributed by atoms with E-state index >= 15 is 0 Å². The minimum atomic E-state index is 0.643. The Kier molecular flexibility index (Phi) is 6.66. The van der Waals surface area contributed by atoms with Gasteiger partial charge < -0.3 is 0 Å². The molecule has 0 amide bonds. The maximum absolute atomic E-state index is 10.1. The van der Waals surface area contributed by atoms with E-state index in [0.717, 1.165) is 60.0 Å². The summed E-state index contributed by atoms with van der Waals surface area (Å²) in [5, 5.41) is 24.6. The van der Waals surface area contributed by atoms with Gasteiger partial charge in [-0.3, -0.25) is 0 Å². The van der Waals surface area contributed by atoms with Crippen molar-refractivity contribution in [3.63, 3.8) is 0 Å². The van der Waals surface area contributed by atoms with Gasteiger partial charge in [0.05, 0.1) is 23.3 Å². The van der Waals surface area contributed by atoms with Gasteiger partial charge in [0.1, 0.15) is 0 Å². The van der Waals surface area contributed by atoms with Crippen LogP contribution in [0.4, 0.5) is 0 Å². The number of thiophene rings is 2. The summed E-state index contributed by atoms with van der Waals surface area (Å²) in [7, 11) is 0. The first-order valence-corrected chi connectivity index (χ1v) is 17.3. The number of nitrogens with zero attached hydrogens (tertiary/aromatic N) is 2. The van der Waals surface area contributed by atoms with E-state index in [-0.39, 0.29) is 0 Å². The molecule has 222 valence electrons. The van der Waals surface area contributed by atoms with Crippen LogP contribution in [0.1, 0.15) is 11.1 Å². The maximum Gasteiger partial charge on any atom is 0.0998 e. The maximum atomic E-state index is 10.1. The lowest BCUT2D eigenvalue weighted by molar-refractivity contribution is 1.47. The molecule has 0 unspecified atom stereocenters. The summed E-state index contributed by atoms with van der Waals surface area (Å²) in [6, 6.07) is 55.8. The van der Waals surface area contributed by atoms with Crippen molar-refractivity contribution in [2.75, 3.05) is 0 Å². The molecule has 48 heavy (non-hydrogen) atoms. The Morgan fingerprint density at radius 3 is 1.62 bits per heavy atom. The molecule has 9 aromatic rings. The lowest BCUT2D eigenvalue weighted by Gasteiger charge is -2.20. The summed E-state index contributed by atoms with van der Waals surface area (Å²) in [6.07, 6.45) is 0. The van der Waals surface area contributed by atoms with Crippen molar-refractivity contribution in [3.05, 3.63) is 157 Å². The fraction of sp³-hybridized carbons (Fsp3) is 0. The van der Waals surface area contributed by atoms with Crippen LogP contribution < -0.4 is 0 Å². The normalized spacial score (nSPS) is 11.3. The zero-order valence-corrected chi connectivity index (χ0v) is 27.2. The number of fused-ring (bicyclic) bond motifs is 6. The topological polar surface area (TPSA) is 47.6 Å². The molecular weight excluding hydrogens is 621 g/mol. The zero-order valence-electron chi connectivity index (χ0n) is 25.6. The molecule has 0 N–H and O–H groups in total. The van der Waals surface area contributed by atoms with Crippen molar-refractivity contribution in [1.82, 2.24) is 0 Å². The molecule has 0 aliphatic rings. The average molecular weight is 645 g/mol. The molecule has 2 aromatic heterocycles. The number of rotatable bonds is 4. The van der Waals surface area contributed by atoms with Gasteiger partial charge >= 0.3 is 0 Å². The van der Waals surface area contributed by atoms with E-state index in [0.29, 0.717) is 11.1 Å². The molecule has 0 radical (unpaired) electrons. The van der Waals surface area contributed by atoms with E-state index in [2.05, 4.69) is 121 Å². The Morgan fingerprint density at radius 1 is 0.375 bits per heavy atom. The van der Waals surface area contributed by atoms with Gasteiger partial charge in [0.2, 0.25) is 0 Å². The molecule has 2 nitrogen and oxygen atoms in total. The van der Waals surface area contributed by atoms with E-state index in [4.69, 9.17) is 0 Å². The van der Waals surface area contributed by atoms with Gasteiger partial charge in [-0.2, -0.15) is 10.5 Å². The predicted octanol–water partition coefficient (Wildman–Crippen LogP) is 12.8. The third kappa shape index (κ3) is 4.59. The fourth-order valence-corrected chi connectivity index (χ4v) is 9.06. The van der Waals surface area contributed by atoms with Crippen molar-refractivity contribution < 1.29 is 0 Å². The van der Waals surface area contributed by atoms with Crippen molar-refractivity contribution in [2.24, 2.45) is 0 Å². The minimum absolute atomic E-state index is 0.643. The van der Waals surface area contributed by atoms with Gasteiger partial charge in [0.25, 0.3) is 0 Å². The van der Waals surface area contributed by atoms with E-state index in [1.54, 1.807) is 11.3 Å². The van der Waals surface area contributed by atoms with Crippen LogP contribution in [0.3, 0.4) is 0 Å². The van der Waals surface area contributed by atoms with Gasteiger partial charge in [0, 0.05) is 40.3 Å². The second kappa shape index (κ2) is 11.3. The number of hydrogen-bond acceptors (Lipinski definition) is 4. The second-order valence-electron chi connectivity index (χ2n) is 11.9. The minimum Gasteiger partial charge on any atom is -0.192 e. The monoisotopic (exact) mass is 644 g/mol. The van der Waals surface area contributed by atoms with Crippen LogP contribution in [0.2, 0.25) is 0 Å². The van der Waals surface area contributed by atoms with Crippen LogP contribution in [-0.2, 0) is 0 Å². The Labute approximate surface area is 285 Å². The lowest BCUT2D eigenvalue weighted by atomic mass is 9.83. The molecule has 4 heteroatoms. The molecule has 0 aliphatic carbocycles. The smallest absolute Gasteiger partial charge is 0.0998 e. The van der Waals surface area contributed by atoms with E-state index in [9.17, 15) is 10.5 Å². The first-order chi connectivity index (χ1) is 23.7. The summed E-state index contributed by atoms with van der Waals surface area (Å²) < 4.78 is 4.89. The van der Waals surface area contributed by atoms with E-state index in [1.165, 1.54) is 24.9 Å². The second-order valence-corrected chi connectivity index (χ2v) is 14.1. The Hall–Kier alpha value is -6.04. The Bertz CT molecular complexity index is 2810. The molecule has 0 spiro atoms. The summed E-state index contributed by atoms with van der Waals surface area (Å²) in [5.41, 5.74) is 9.89. The zero-order chi connectivity index (χ0) is 32.2. The SMILES string of the molecule is N#Cc1ccc2sc3ccc(-c4cc(-c5ccccc5C#N)cc(-c5ccc6sc7ccccc7c6c5)c4-c4ccccc4)cc3c2c1. The summed E-state index contributed by atoms with van der Waals surface area (Å²) in [4.78, 5) is 0. The molecule has 9 rings (SSSR count). The van der Waals surface area contributed by atoms with Crippen molar-refractivity contribution >= 4 is 63.0 Å². The lowest BCUT2D eigenvalue weighted by Crippen LogP contribution is -1.94. The molecule has 2 heterocycles. The predicted molar refractivity (Wildman–Crippen MR) is 203 cm³/mol. The highest BCUT2D eigenvalue weighted by Crippen LogP contribution is 2.47. The van der Waals surface area contributed by atoms with Gasteiger partial charge in [-0.25, -0.2) is 0 Å². The largest absolute Gasteiger partial charge is 0.192 e. The first-order valence-electron chi connectivity index (χ1n) is 15.7. The standard InChI is InChI=1S/C44H24N2S2/c45-25-27-14-17-41-37(20-27)39-22-30(16-19-43(39)48-41)36-24-32(33-11-5-4-10-31(33)26-46)23-35(44(36)28-8-2-1-3-9-28)29-15-18-42-38(21-29)34-12-6-7-13-40(34)47-42/h1-24H.